The van der Waals surface area contributed by atoms with Crippen LogP contribution in [0.3, 0.4) is 0 Å². The number of nitrogens with zero attached hydrogens (tertiary/aromatic N) is 3. The van der Waals surface area contributed by atoms with Gasteiger partial charge >= 0.3 is 0 Å². The van der Waals surface area contributed by atoms with Gasteiger partial charge in [0.05, 0.1) is 6.54 Å². The molecule has 1 aromatic heterocycles. The molecule has 1 aliphatic heterocycles. The molecule has 0 saturated carbocycles. The van der Waals surface area contributed by atoms with E-state index >= 15 is 0 Å². The van der Waals surface area contributed by atoms with E-state index in [-0.39, 0.29) is 5.91 Å². The number of carbonyl (C=O) groups is 1. The lowest BCUT2D eigenvalue weighted by atomic mass is 10.2. The molecular weight excluding hydrogens is 280 g/mol. The highest BCUT2D eigenvalue weighted by molar-refractivity contribution is 5.91. The van der Waals surface area contributed by atoms with Crippen LogP contribution in [0.2, 0.25) is 0 Å². The summed E-state index contributed by atoms with van der Waals surface area (Å²) in [7, 11) is 0. The summed E-state index contributed by atoms with van der Waals surface area (Å²) >= 11 is 0. The third kappa shape index (κ3) is 3.65. The first-order valence-electron chi connectivity index (χ1n) is 7.46. The molecule has 1 fully saturated rings. The summed E-state index contributed by atoms with van der Waals surface area (Å²) in [6, 6.07) is 12.1. The number of anilines is 2. The second-order valence-corrected chi connectivity index (χ2v) is 5.47. The zero-order chi connectivity index (χ0) is 15.4. The van der Waals surface area contributed by atoms with Crippen molar-refractivity contribution in [3.05, 3.63) is 42.2 Å². The number of para-hydroxylation sites is 1. The zero-order valence-corrected chi connectivity index (χ0v) is 12.7. The lowest BCUT2D eigenvalue weighted by Gasteiger charge is -2.35. The quantitative estimate of drug-likeness (QED) is 0.932. The standard InChI is InChI=1S/C16H20N4O2/c1-13-11-15(18-22-13)17-16(21)12-19-7-9-20(10-8-19)14-5-3-2-4-6-14/h2-6,11H,7-10,12H2,1H3,(H,17,18,21). The van der Waals surface area contributed by atoms with Crippen LogP contribution < -0.4 is 10.2 Å². The van der Waals surface area contributed by atoms with Gasteiger partial charge in [-0.15, -0.1) is 0 Å². The van der Waals surface area contributed by atoms with E-state index in [1.54, 1.807) is 13.0 Å². The van der Waals surface area contributed by atoms with Gasteiger partial charge in [0.1, 0.15) is 5.76 Å². The molecule has 0 aliphatic carbocycles. The number of nitrogens with one attached hydrogen (secondary N) is 1. The van der Waals surface area contributed by atoms with Crippen molar-refractivity contribution >= 4 is 17.4 Å². The SMILES string of the molecule is Cc1cc(NC(=O)CN2CCN(c3ccccc3)CC2)no1. The maximum absolute atomic E-state index is 12.0. The number of hydrogen-bond acceptors (Lipinski definition) is 5. The van der Waals surface area contributed by atoms with Gasteiger partial charge < -0.3 is 14.7 Å². The molecule has 22 heavy (non-hydrogen) atoms. The molecule has 6 heteroatoms. The van der Waals surface area contributed by atoms with Gasteiger partial charge in [-0.3, -0.25) is 9.69 Å². The lowest BCUT2D eigenvalue weighted by Crippen LogP contribution is -2.48. The van der Waals surface area contributed by atoms with Gasteiger partial charge in [-0.05, 0) is 19.1 Å². The van der Waals surface area contributed by atoms with E-state index in [1.165, 1.54) is 5.69 Å². The number of benzene rings is 1. The molecule has 1 aliphatic rings. The normalized spacial score (nSPS) is 15.8. The first-order chi connectivity index (χ1) is 10.7. The Hall–Kier alpha value is -2.34. The average Bonchev–Trinajstić information content (AvgIpc) is 2.94. The van der Waals surface area contributed by atoms with Gasteiger partial charge in [0.15, 0.2) is 5.82 Å². The molecule has 116 valence electrons. The van der Waals surface area contributed by atoms with E-state index in [4.69, 9.17) is 4.52 Å². The van der Waals surface area contributed by atoms with Gasteiger partial charge in [0, 0.05) is 37.9 Å². The first-order valence-corrected chi connectivity index (χ1v) is 7.46. The van der Waals surface area contributed by atoms with Crippen LogP contribution in [0, 0.1) is 6.92 Å². The number of amides is 1. The Morgan fingerprint density at radius 2 is 1.95 bits per heavy atom. The van der Waals surface area contributed by atoms with Gasteiger partial charge in [-0.2, -0.15) is 0 Å². The van der Waals surface area contributed by atoms with Crippen LogP contribution >= 0.6 is 0 Å². The molecule has 0 spiro atoms. The van der Waals surface area contributed by atoms with Crippen LogP contribution in [0.25, 0.3) is 0 Å². The number of rotatable bonds is 4. The van der Waals surface area contributed by atoms with Crippen molar-refractivity contribution in [1.82, 2.24) is 10.1 Å². The third-order valence-electron chi connectivity index (χ3n) is 3.76. The fourth-order valence-corrected chi connectivity index (χ4v) is 2.61. The molecule has 0 radical (unpaired) electrons. The molecule has 0 unspecified atom stereocenters. The van der Waals surface area contributed by atoms with Crippen LogP contribution in [-0.4, -0.2) is 48.7 Å². The van der Waals surface area contributed by atoms with Crippen molar-refractivity contribution in [2.75, 3.05) is 42.9 Å². The van der Waals surface area contributed by atoms with Crippen LogP contribution in [0.4, 0.5) is 11.5 Å². The smallest absolute Gasteiger partial charge is 0.239 e. The summed E-state index contributed by atoms with van der Waals surface area (Å²) in [5, 5.41) is 6.52. The second kappa shape index (κ2) is 6.62. The zero-order valence-electron chi connectivity index (χ0n) is 12.7. The number of aromatic nitrogens is 1. The van der Waals surface area contributed by atoms with Gasteiger partial charge in [0.25, 0.3) is 0 Å². The van der Waals surface area contributed by atoms with E-state index in [0.717, 1.165) is 26.2 Å². The molecule has 1 amide bonds. The Labute approximate surface area is 129 Å². The predicted octanol–water partition coefficient (Wildman–Crippen LogP) is 1.74. The highest BCUT2D eigenvalue weighted by atomic mass is 16.5. The second-order valence-electron chi connectivity index (χ2n) is 5.47. The number of piperazine rings is 1. The Morgan fingerprint density at radius 3 is 2.59 bits per heavy atom. The minimum absolute atomic E-state index is 0.0542. The first kappa shape index (κ1) is 14.6. The molecule has 6 nitrogen and oxygen atoms in total. The van der Waals surface area contributed by atoms with E-state index in [1.807, 2.05) is 6.07 Å². The van der Waals surface area contributed by atoms with Crippen molar-refractivity contribution in [2.24, 2.45) is 0 Å². The maximum atomic E-state index is 12.0. The molecule has 2 heterocycles. The molecule has 1 saturated heterocycles. The van der Waals surface area contributed by atoms with E-state index in [2.05, 4.69) is 44.5 Å². The Morgan fingerprint density at radius 1 is 1.23 bits per heavy atom. The largest absolute Gasteiger partial charge is 0.369 e. The fourth-order valence-electron chi connectivity index (χ4n) is 2.61. The van der Waals surface area contributed by atoms with Crippen molar-refractivity contribution in [2.45, 2.75) is 6.92 Å². The molecule has 2 aromatic rings. The van der Waals surface area contributed by atoms with Crippen molar-refractivity contribution in [1.29, 1.82) is 0 Å². The Bertz CT molecular complexity index is 618. The Kier molecular flexibility index (Phi) is 4.39. The van der Waals surface area contributed by atoms with Crippen LogP contribution in [0.15, 0.2) is 40.9 Å². The molecule has 0 bridgehead atoms. The van der Waals surface area contributed by atoms with Crippen molar-refractivity contribution < 1.29 is 9.32 Å². The molecular formula is C16H20N4O2. The number of carbonyl (C=O) groups excluding carboxylic acids is 1. The predicted molar refractivity (Wildman–Crippen MR) is 85.0 cm³/mol. The van der Waals surface area contributed by atoms with E-state index < -0.39 is 0 Å². The summed E-state index contributed by atoms with van der Waals surface area (Å²) in [5.41, 5.74) is 1.24. The van der Waals surface area contributed by atoms with Crippen LogP contribution in [0.5, 0.6) is 0 Å². The summed E-state index contributed by atoms with van der Waals surface area (Å²) in [6.07, 6.45) is 0. The summed E-state index contributed by atoms with van der Waals surface area (Å²) in [5.74, 6) is 1.11. The maximum Gasteiger partial charge on any atom is 0.239 e. The molecule has 1 N–H and O–H groups in total. The molecule has 0 atom stereocenters. The third-order valence-corrected chi connectivity index (χ3v) is 3.76. The topological polar surface area (TPSA) is 61.6 Å². The van der Waals surface area contributed by atoms with Crippen molar-refractivity contribution in [3.8, 4) is 0 Å². The summed E-state index contributed by atoms with van der Waals surface area (Å²) in [6.45, 7) is 5.79. The van der Waals surface area contributed by atoms with Gasteiger partial charge in [-0.25, -0.2) is 0 Å². The van der Waals surface area contributed by atoms with Crippen molar-refractivity contribution in [3.63, 3.8) is 0 Å². The number of hydrogen-bond donors (Lipinski definition) is 1. The monoisotopic (exact) mass is 300 g/mol. The molecule has 1 aromatic carbocycles. The summed E-state index contributed by atoms with van der Waals surface area (Å²) < 4.78 is 4.93. The minimum atomic E-state index is -0.0542. The average molecular weight is 300 g/mol. The van der Waals surface area contributed by atoms with Gasteiger partial charge in [-0.1, -0.05) is 23.4 Å². The summed E-state index contributed by atoms with van der Waals surface area (Å²) in [4.78, 5) is 16.5. The van der Waals surface area contributed by atoms with Gasteiger partial charge in [0.2, 0.25) is 5.91 Å². The molecule has 3 rings (SSSR count). The van der Waals surface area contributed by atoms with Crippen LogP contribution in [0.1, 0.15) is 5.76 Å². The highest BCUT2D eigenvalue weighted by Gasteiger charge is 2.19. The van der Waals surface area contributed by atoms with E-state index in [9.17, 15) is 4.79 Å². The number of aryl methyl sites for hydroxylation is 1. The lowest BCUT2D eigenvalue weighted by molar-refractivity contribution is -0.117. The highest BCUT2D eigenvalue weighted by Crippen LogP contribution is 2.15. The van der Waals surface area contributed by atoms with Crippen LogP contribution in [-0.2, 0) is 4.79 Å². The fraction of sp³-hybridized carbons (Fsp3) is 0.375. The minimum Gasteiger partial charge on any atom is -0.369 e. The van der Waals surface area contributed by atoms with E-state index in [0.29, 0.717) is 18.1 Å². The Balaban J connectivity index is 1.46.